The summed E-state index contributed by atoms with van der Waals surface area (Å²) in [5.74, 6) is -0.173. The summed E-state index contributed by atoms with van der Waals surface area (Å²) < 4.78 is 13.5. The van der Waals surface area contributed by atoms with E-state index in [0.29, 0.717) is 19.6 Å². The van der Waals surface area contributed by atoms with Gasteiger partial charge in [-0.2, -0.15) is 0 Å². The molecule has 0 aliphatic rings. The highest BCUT2D eigenvalue weighted by Crippen LogP contribution is 2.23. The van der Waals surface area contributed by atoms with Crippen LogP contribution in [0.3, 0.4) is 0 Å². The van der Waals surface area contributed by atoms with Crippen LogP contribution in [0.4, 0.5) is 0 Å². The van der Waals surface area contributed by atoms with Gasteiger partial charge in [-0.05, 0) is 62.2 Å². The number of rotatable bonds is 10. The molecule has 2 aromatic carbocycles. The average Bonchev–Trinajstić information content (AvgIpc) is 3.09. The molecule has 0 saturated heterocycles. The maximum atomic E-state index is 11.2. The molecular weight excluding hydrogens is 378 g/mol. The van der Waals surface area contributed by atoms with E-state index in [1.54, 1.807) is 6.92 Å². The van der Waals surface area contributed by atoms with Crippen molar-refractivity contribution in [1.29, 1.82) is 0 Å². The fraction of sp³-hybridized carbons (Fsp3) is 0.320. The Morgan fingerprint density at radius 2 is 1.83 bits per heavy atom. The third-order valence-electron chi connectivity index (χ3n) is 5.08. The largest absolute Gasteiger partial charge is 0.492 e. The van der Waals surface area contributed by atoms with Crippen LogP contribution in [0.5, 0.6) is 5.75 Å². The molecule has 158 valence electrons. The van der Waals surface area contributed by atoms with Crippen LogP contribution in [0.15, 0.2) is 60.7 Å². The number of hydrogen-bond donors (Lipinski definition) is 1. The summed E-state index contributed by atoms with van der Waals surface area (Å²) in [6, 6.07) is 20.3. The van der Waals surface area contributed by atoms with Crippen LogP contribution in [0.1, 0.15) is 23.7 Å². The molecule has 3 aromatic rings. The number of benzene rings is 2. The number of carboxylic acids is 1. The van der Waals surface area contributed by atoms with Crippen molar-refractivity contribution < 1.29 is 19.4 Å². The topological polar surface area (TPSA) is 60.7 Å². The molecule has 1 N–H and O–H groups in total. The minimum atomic E-state index is -0.941. The Hall–Kier alpha value is -3.05. The predicted molar refractivity (Wildman–Crippen MR) is 118 cm³/mol. The van der Waals surface area contributed by atoms with Crippen LogP contribution < -0.4 is 4.74 Å². The maximum absolute atomic E-state index is 11.2. The molecule has 0 aliphatic carbocycles. The van der Waals surface area contributed by atoms with E-state index in [1.807, 2.05) is 24.3 Å². The third kappa shape index (κ3) is 5.51. The molecule has 0 spiro atoms. The summed E-state index contributed by atoms with van der Waals surface area (Å²) in [5, 5.41) is 9.22. The van der Waals surface area contributed by atoms with Crippen LogP contribution in [-0.2, 0) is 22.5 Å². The van der Waals surface area contributed by atoms with Crippen LogP contribution in [0.2, 0.25) is 0 Å². The first-order chi connectivity index (χ1) is 14.5. The third-order valence-corrected chi connectivity index (χ3v) is 5.08. The molecule has 0 aliphatic heterocycles. The zero-order chi connectivity index (χ0) is 21.5. The molecule has 1 aromatic heterocycles. The Labute approximate surface area is 177 Å². The average molecular weight is 408 g/mol. The van der Waals surface area contributed by atoms with E-state index in [9.17, 15) is 9.90 Å². The number of carbonyl (C=O) groups is 1. The van der Waals surface area contributed by atoms with Gasteiger partial charge in [0.2, 0.25) is 0 Å². The zero-order valence-corrected chi connectivity index (χ0v) is 17.8. The lowest BCUT2D eigenvalue weighted by molar-refractivity contribution is -0.149. The quantitative estimate of drug-likeness (QED) is 0.520. The van der Waals surface area contributed by atoms with Crippen LogP contribution in [-0.4, -0.2) is 35.0 Å². The highest BCUT2D eigenvalue weighted by Gasteiger charge is 2.17. The van der Waals surface area contributed by atoms with Gasteiger partial charge in [0.15, 0.2) is 6.10 Å². The first-order valence-electron chi connectivity index (χ1n) is 10.3. The summed E-state index contributed by atoms with van der Waals surface area (Å²) in [7, 11) is 0. The van der Waals surface area contributed by atoms with Crippen molar-refractivity contribution in [2.75, 3.05) is 13.2 Å². The summed E-state index contributed by atoms with van der Waals surface area (Å²) in [6.45, 7) is 7.67. The first-order valence-corrected chi connectivity index (χ1v) is 10.3. The molecule has 5 nitrogen and oxygen atoms in total. The SMILES string of the molecule is CCOC(Cc1ccc(OCCn2c(C)ccc2-c2cccc(C)c2)cc1)C(=O)O. The standard InChI is InChI=1S/C25H29NO4/c1-4-29-24(25(27)28)17-20-9-11-22(12-10-20)30-15-14-26-19(3)8-13-23(26)21-7-5-6-18(2)16-21/h5-13,16,24H,4,14-15,17H2,1-3H3,(H,27,28). The number of aromatic nitrogens is 1. The lowest BCUT2D eigenvalue weighted by atomic mass is 10.1. The van der Waals surface area contributed by atoms with E-state index in [4.69, 9.17) is 9.47 Å². The molecule has 0 radical (unpaired) electrons. The molecule has 30 heavy (non-hydrogen) atoms. The van der Waals surface area contributed by atoms with Gasteiger partial charge >= 0.3 is 5.97 Å². The number of aryl methyl sites for hydroxylation is 2. The second kappa shape index (κ2) is 10.1. The number of hydrogen-bond acceptors (Lipinski definition) is 3. The minimum absolute atomic E-state index is 0.339. The maximum Gasteiger partial charge on any atom is 0.333 e. The van der Waals surface area contributed by atoms with Crippen molar-refractivity contribution in [2.45, 2.75) is 39.8 Å². The van der Waals surface area contributed by atoms with Gasteiger partial charge in [0.25, 0.3) is 0 Å². The van der Waals surface area contributed by atoms with E-state index < -0.39 is 12.1 Å². The van der Waals surface area contributed by atoms with Crippen LogP contribution >= 0.6 is 0 Å². The Bertz CT molecular complexity index is 975. The van der Waals surface area contributed by atoms with E-state index >= 15 is 0 Å². The van der Waals surface area contributed by atoms with Gasteiger partial charge in [-0.15, -0.1) is 0 Å². The van der Waals surface area contributed by atoms with Crippen molar-refractivity contribution in [3.05, 3.63) is 77.5 Å². The van der Waals surface area contributed by atoms with Crippen LogP contribution in [0.25, 0.3) is 11.3 Å². The van der Waals surface area contributed by atoms with Gasteiger partial charge in [-0.3, -0.25) is 0 Å². The van der Waals surface area contributed by atoms with E-state index in [0.717, 1.165) is 17.9 Å². The Morgan fingerprint density at radius 3 is 2.50 bits per heavy atom. The molecule has 0 bridgehead atoms. The number of nitrogens with zero attached hydrogens (tertiary/aromatic N) is 1. The number of aliphatic carboxylic acids is 1. The molecule has 0 amide bonds. The lowest BCUT2D eigenvalue weighted by Gasteiger charge is -2.14. The molecule has 0 saturated carbocycles. The van der Waals surface area contributed by atoms with Gasteiger partial charge in [0, 0.05) is 24.4 Å². The fourth-order valence-corrected chi connectivity index (χ4v) is 3.53. The normalized spacial score (nSPS) is 12.0. The van der Waals surface area contributed by atoms with Gasteiger partial charge < -0.3 is 19.1 Å². The molecular formula is C25H29NO4. The zero-order valence-electron chi connectivity index (χ0n) is 17.8. The van der Waals surface area contributed by atoms with Gasteiger partial charge in [-0.25, -0.2) is 4.79 Å². The highest BCUT2D eigenvalue weighted by molar-refractivity contribution is 5.72. The van der Waals surface area contributed by atoms with Crippen molar-refractivity contribution in [3.63, 3.8) is 0 Å². The van der Waals surface area contributed by atoms with Crippen molar-refractivity contribution in [2.24, 2.45) is 0 Å². The summed E-state index contributed by atoms with van der Waals surface area (Å²) >= 11 is 0. The second-order valence-corrected chi connectivity index (χ2v) is 7.36. The van der Waals surface area contributed by atoms with Gasteiger partial charge in [-0.1, -0.05) is 35.9 Å². The van der Waals surface area contributed by atoms with Crippen molar-refractivity contribution >= 4 is 5.97 Å². The van der Waals surface area contributed by atoms with E-state index in [1.165, 1.54) is 22.5 Å². The van der Waals surface area contributed by atoms with E-state index in [2.05, 4.69) is 54.8 Å². The molecule has 1 unspecified atom stereocenters. The molecule has 5 heteroatoms. The predicted octanol–water partition coefficient (Wildman–Crippen LogP) is 4.88. The highest BCUT2D eigenvalue weighted by atomic mass is 16.5. The van der Waals surface area contributed by atoms with Crippen LogP contribution in [0, 0.1) is 13.8 Å². The number of ether oxygens (including phenoxy) is 2. The van der Waals surface area contributed by atoms with Gasteiger partial charge in [0.05, 0.1) is 6.54 Å². The number of carboxylic acid groups (broad SMARTS) is 1. The summed E-state index contributed by atoms with van der Waals surface area (Å²) in [5.41, 5.74) is 5.73. The first kappa shape index (κ1) is 21.7. The Morgan fingerprint density at radius 1 is 1.07 bits per heavy atom. The van der Waals surface area contributed by atoms with Gasteiger partial charge in [0.1, 0.15) is 12.4 Å². The fourth-order valence-electron chi connectivity index (χ4n) is 3.53. The summed E-state index contributed by atoms with van der Waals surface area (Å²) in [4.78, 5) is 11.2. The smallest absolute Gasteiger partial charge is 0.333 e. The molecule has 0 fully saturated rings. The molecule has 1 atom stereocenters. The second-order valence-electron chi connectivity index (χ2n) is 7.36. The molecule has 1 heterocycles. The lowest BCUT2D eigenvalue weighted by Crippen LogP contribution is -2.26. The monoisotopic (exact) mass is 407 g/mol. The molecule has 3 rings (SSSR count). The summed E-state index contributed by atoms with van der Waals surface area (Å²) in [6.07, 6.45) is -0.482. The minimum Gasteiger partial charge on any atom is -0.492 e. The Kier molecular flexibility index (Phi) is 7.31. The van der Waals surface area contributed by atoms with Crippen molar-refractivity contribution in [1.82, 2.24) is 4.57 Å². The van der Waals surface area contributed by atoms with Crippen molar-refractivity contribution in [3.8, 4) is 17.0 Å². The Balaban J connectivity index is 1.60. The van der Waals surface area contributed by atoms with E-state index in [-0.39, 0.29) is 0 Å².